The summed E-state index contributed by atoms with van der Waals surface area (Å²) in [6.45, 7) is 5.16. The van der Waals surface area contributed by atoms with E-state index in [1.165, 1.54) is 22.1 Å². The second-order valence-electron chi connectivity index (χ2n) is 6.33. The fraction of sp³-hybridized carbons (Fsp3) is 0.643. The number of carbonyl (C=O) groups is 3. The zero-order valence-corrected chi connectivity index (χ0v) is 16.7. The summed E-state index contributed by atoms with van der Waals surface area (Å²) in [5.41, 5.74) is -1.89. The van der Waals surface area contributed by atoms with Gasteiger partial charge in [0, 0.05) is 11.2 Å². The van der Waals surface area contributed by atoms with Gasteiger partial charge in [0.25, 0.3) is 5.91 Å². The lowest BCUT2D eigenvalue weighted by Crippen LogP contribution is -2.72. The lowest BCUT2D eigenvalue weighted by molar-refractivity contribution is -0.154. The molecule has 2 rings (SSSR count). The fourth-order valence-corrected chi connectivity index (χ4v) is 3.43. The van der Waals surface area contributed by atoms with E-state index in [0.717, 1.165) is 0 Å². The predicted octanol–water partition coefficient (Wildman–Crippen LogP) is 2.59. The first-order valence-electron chi connectivity index (χ1n) is 7.29. The first kappa shape index (κ1) is 20.5. The van der Waals surface area contributed by atoms with Crippen LogP contribution in [-0.2, 0) is 19.1 Å². The monoisotopic (exact) mass is 430 g/mol. The third kappa shape index (κ3) is 4.87. The summed E-state index contributed by atoms with van der Waals surface area (Å²) in [5, 5.41) is 4.03. The second kappa shape index (κ2) is 7.82. The van der Waals surface area contributed by atoms with Crippen LogP contribution in [-0.4, -0.2) is 56.7 Å². The van der Waals surface area contributed by atoms with E-state index in [4.69, 9.17) is 44.3 Å². The molecular weight excluding hydrogens is 415 g/mol. The van der Waals surface area contributed by atoms with E-state index in [0.29, 0.717) is 5.75 Å². The first-order valence-corrected chi connectivity index (χ1v) is 9.64. The molecule has 0 aromatic carbocycles. The molecule has 2 heterocycles. The van der Waals surface area contributed by atoms with Gasteiger partial charge < -0.3 is 14.8 Å². The van der Waals surface area contributed by atoms with E-state index in [9.17, 15) is 14.4 Å². The standard InChI is InChI=1S/C14H17Cl3N2O5S/c1-14(2,3)24-13(22)18-8-6-4-25-5-7(19(6)11(8)20)12(21)23-10(17)9(15)16/h5-6,8-10H,4H2,1-3H3,(H,18,22). The van der Waals surface area contributed by atoms with Gasteiger partial charge in [-0.15, -0.1) is 11.8 Å². The zero-order chi connectivity index (χ0) is 18.9. The molecule has 2 aliphatic rings. The van der Waals surface area contributed by atoms with Crippen molar-refractivity contribution < 1.29 is 23.9 Å². The van der Waals surface area contributed by atoms with Crippen LogP contribution in [0.2, 0.25) is 0 Å². The molecule has 7 nitrogen and oxygen atoms in total. The van der Waals surface area contributed by atoms with Gasteiger partial charge in [-0.3, -0.25) is 9.69 Å². The molecular formula is C14H17Cl3N2O5S. The molecule has 1 N–H and O–H groups in total. The van der Waals surface area contributed by atoms with Crippen LogP contribution in [0.5, 0.6) is 0 Å². The van der Waals surface area contributed by atoms with Crippen LogP contribution in [0.3, 0.4) is 0 Å². The number of β-lactam (4-membered cyclic amide) rings is 1. The van der Waals surface area contributed by atoms with Crippen LogP contribution in [0.15, 0.2) is 11.1 Å². The third-order valence-corrected chi connectivity index (χ3v) is 5.22. The van der Waals surface area contributed by atoms with Gasteiger partial charge in [0.2, 0.25) is 5.56 Å². The molecule has 0 aliphatic carbocycles. The Morgan fingerprint density at radius 2 is 2.00 bits per heavy atom. The van der Waals surface area contributed by atoms with Gasteiger partial charge in [-0.05, 0) is 20.8 Å². The second-order valence-corrected chi connectivity index (χ2v) is 8.82. The molecule has 11 heteroatoms. The molecule has 3 unspecified atom stereocenters. The van der Waals surface area contributed by atoms with Gasteiger partial charge in [-0.25, -0.2) is 9.59 Å². The summed E-state index contributed by atoms with van der Waals surface area (Å²) in [7, 11) is 0. The number of nitrogens with zero attached hydrogens (tertiary/aromatic N) is 1. The average Bonchev–Trinajstić information content (AvgIpc) is 2.49. The molecule has 2 aliphatic heterocycles. The van der Waals surface area contributed by atoms with Crippen LogP contribution in [0, 0.1) is 0 Å². The van der Waals surface area contributed by atoms with E-state index < -0.39 is 40.0 Å². The molecule has 1 saturated heterocycles. The van der Waals surface area contributed by atoms with Crippen LogP contribution >= 0.6 is 46.6 Å². The van der Waals surface area contributed by atoms with Gasteiger partial charge in [-0.2, -0.15) is 0 Å². The van der Waals surface area contributed by atoms with Crippen molar-refractivity contribution in [3.63, 3.8) is 0 Å². The van der Waals surface area contributed by atoms with Gasteiger partial charge in [0.05, 0.1) is 6.04 Å². The minimum Gasteiger partial charge on any atom is -0.444 e. The third-order valence-electron chi connectivity index (χ3n) is 3.24. The van der Waals surface area contributed by atoms with Crippen molar-refractivity contribution in [1.29, 1.82) is 0 Å². The molecule has 3 atom stereocenters. The number of hydrogen-bond donors (Lipinski definition) is 1. The van der Waals surface area contributed by atoms with Crippen molar-refractivity contribution in [3.05, 3.63) is 11.1 Å². The number of ether oxygens (including phenoxy) is 2. The average molecular weight is 432 g/mol. The lowest BCUT2D eigenvalue weighted by Gasteiger charge is -2.48. The smallest absolute Gasteiger partial charge is 0.408 e. The van der Waals surface area contributed by atoms with Crippen molar-refractivity contribution in [2.75, 3.05) is 5.75 Å². The maximum absolute atomic E-state index is 12.3. The Balaban J connectivity index is 2.00. The number of nitrogens with one attached hydrogen (secondary N) is 1. The summed E-state index contributed by atoms with van der Waals surface area (Å²) in [5.74, 6) is -0.729. The Labute approximate surface area is 164 Å². The summed E-state index contributed by atoms with van der Waals surface area (Å²) >= 11 is 18.1. The quantitative estimate of drug-likeness (QED) is 0.418. The summed E-state index contributed by atoms with van der Waals surface area (Å²) < 4.78 is 10.1. The largest absolute Gasteiger partial charge is 0.444 e. The SMILES string of the molecule is CC(C)(C)OC(=O)NC1C(=O)N2C(C(=O)OC(Cl)C(Cl)Cl)=CSCC12. The number of amides is 2. The highest BCUT2D eigenvalue weighted by atomic mass is 35.5. The fourth-order valence-electron chi connectivity index (χ4n) is 2.25. The molecule has 0 spiro atoms. The highest BCUT2D eigenvalue weighted by Crippen LogP contribution is 2.35. The van der Waals surface area contributed by atoms with Crippen molar-refractivity contribution in [1.82, 2.24) is 10.2 Å². The Hall–Kier alpha value is -0.830. The molecule has 0 aromatic rings. The molecule has 0 aromatic heterocycles. The maximum Gasteiger partial charge on any atom is 0.408 e. The van der Waals surface area contributed by atoms with Crippen molar-refractivity contribution in [3.8, 4) is 0 Å². The Kier molecular flexibility index (Phi) is 6.40. The normalized spacial score (nSPS) is 24.0. The van der Waals surface area contributed by atoms with E-state index >= 15 is 0 Å². The molecule has 0 radical (unpaired) electrons. The maximum atomic E-state index is 12.3. The number of fused-ring (bicyclic) bond motifs is 1. The van der Waals surface area contributed by atoms with E-state index in [2.05, 4.69) is 5.32 Å². The Morgan fingerprint density at radius 3 is 2.56 bits per heavy atom. The number of hydrogen-bond acceptors (Lipinski definition) is 6. The molecule has 0 bridgehead atoms. The molecule has 2 amide bonds. The highest BCUT2D eigenvalue weighted by Gasteiger charge is 2.53. The van der Waals surface area contributed by atoms with E-state index in [1.807, 2.05) is 0 Å². The van der Waals surface area contributed by atoms with Crippen molar-refractivity contribution in [2.45, 2.75) is 48.9 Å². The molecule has 140 valence electrons. The summed E-state index contributed by atoms with van der Waals surface area (Å²) in [6.07, 6.45) is -0.692. The molecule has 0 saturated carbocycles. The summed E-state index contributed by atoms with van der Waals surface area (Å²) in [4.78, 5) is 36.5. The number of thioether (sulfide) groups is 1. The molecule has 1 fully saturated rings. The Morgan fingerprint density at radius 1 is 1.36 bits per heavy atom. The minimum absolute atomic E-state index is 0.0353. The topological polar surface area (TPSA) is 84.9 Å². The zero-order valence-electron chi connectivity index (χ0n) is 13.6. The predicted molar refractivity (Wildman–Crippen MR) is 95.6 cm³/mol. The number of carbonyl (C=O) groups excluding carboxylic acids is 3. The Bertz CT molecular complexity index is 608. The van der Waals surface area contributed by atoms with Crippen LogP contribution in [0.25, 0.3) is 0 Å². The van der Waals surface area contributed by atoms with Crippen molar-refractivity contribution >= 4 is 64.5 Å². The number of halogens is 3. The number of alkyl halides is 3. The van der Waals surface area contributed by atoms with Crippen LogP contribution < -0.4 is 5.32 Å². The molecule has 25 heavy (non-hydrogen) atoms. The van der Waals surface area contributed by atoms with E-state index in [1.54, 1.807) is 20.8 Å². The van der Waals surface area contributed by atoms with Gasteiger partial charge >= 0.3 is 12.1 Å². The van der Waals surface area contributed by atoms with E-state index in [-0.39, 0.29) is 11.7 Å². The van der Waals surface area contributed by atoms with Crippen LogP contribution in [0.4, 0.5) is 4.79 Å². The van der Waals surface area contributed by atoms with Gasteiger partial charge in [0.1, 0.15) is 17.3 Å². The highest BCUT2D eigenvalue weighted by molar-refractivity contribution is 8.02. The first-order chi connectivity index (χ1) is 11.5. The van der Waals surface area contributed by atoms with Gasteiger partial charge in [-0.1, -0.05) is 34.8 Å². The van der Waals surface area contributed by atoms with Crippen LogP contribution in [0.1, 0.15) is 20.8 Å². The number of esters is 1. The summed E-state index contributed by atoms with van der Waals surface area (Å²) in [6, 6.07) is -1.14. The van der Waals surface area contributed by atoms with Gasteiger partial charge in [0.15, 0.2) is 4.84 Å². The minimum atomic E-state index is -1.24. The lowest BCUT2D eigenvalue weighted by atomic mass is 9.95. The number of alkyl carbamates (subject to hydrolysis) is 1. The van der Waals surface area contributed by atoms with Crippen molar-refractivity contribution in [2.24, 2.45) is 0 Å². The number of rotatable bonds is 4.